The number of hydrogen-bond donors (Lipinski definition) is 2. The van der Waals surface area contributed by atoms with Gasteiger partial charge in [0, 0.05) is 32.5 Å². The molecule has 1 aliphatic carbocycles. The number of aryl methyl sites for hydroxylation is 1. The quantitative estimate of drug-likeness (QED) is 0.434. The number of rotatable bonds is 7. The van der Waals surface area contributed by atoms with Crippen molar-refractivity contribution in [3.8, 4) is 0 Å². The summed E-state index contributed by atoms with van der Waals surface area (Å²) in [7, 11) is 3.52. The fourth-order valence-corrected chi connectivity index (χ4v) is 4.08. The maximum absolute atomic E-state index is 12.2. The van der Waals surface area contributed by atoms with Crippen LogP contribution in [0.2, 0.25) is 0 Å². The molecule has 4 rings (SSSR count). The monoisotopic (exact) mass is 444 g/mol. The van der Waals surface area contributed by atoms with Crippen molar-refractivity contribution in [3.05, 3.63) is 89.2 Å². The van der Waals surface area contributed by atoms with Gasteiger partial charge in [-0.15, -0.1) is 0 Å². The standard InChI is InChI=1S/C26H32N6O/c1-31(2)25(33)18-28-26(30-24-13-12-20-8-3-4-9-21(20)16-24)27-17-22-10-5-6-11-23(22)19-32-15-7-14-29-32/h3-11,14-15,24H,12-13,16-19H2,1-2H3,(H2,27,28,30). The van der Waals surface area contributed by atoms with Gasteiger partial charge in [-0.05, 0) is 47.6 Å². The number of guanidine groups is 1. The molecule has 2 N–H and O–H groups in total. The zero-order valence-electron chi connectivity index (χ0n) is 19.4. The van der Waals surface area contributed by atoms with Crippen molar-refractivity contribution in [2.24, 2.45) is 4.99 Å². The molecule has 0 spiro atoms. The lowest BCUT2D eigenvalue weighted by molar-refractivity contribution is -0.127. The van der Waals surface area contributed by atoms with Gasteiger partial charge in [0.25, 0.3) is 0 Å². The third-order valence-corrected chi connectivity index (χ3v) is 6.01. The van der Waals surface area contributed by atoms with Crippen LogP contribution in [0.4, 0.5) is 0 Å². The molecular weight excluding hydrogens is 412 g/mol. The molecule has 0 radical (unpaired) electrons. The van der Waals surface area contributed by atoms with Crippen molar-refractivity contribution < 1.29 is 4.79 Å². The van der Waals surface area contributed by atoms with E-state index < -0.39 is 0 Å². The summed E-state index contributed by atoms with van der Waals surface area (Å²) in [4.78, 5) is 18.6. The molecule has 0 aliphatic heterocycles. The number of aromatic nitrogens is 2. The highest BCUT2D eigenvalue weighted by Gasteiger charge is 2.19. The number of amides is 1. The summed E-state index contributed by atoms with van der Waals surface area (Å²) in [5, 5.41) is 11.1. The van der Waals surface area contributed by atoms with Crippen LogP contribution in [0.25, 0.3) is 0 Å². The summed E-state index contributed by atoms with van der Waals surface area (Å²) in [6, 6.07) is 19.1. The number of carbonyl (C=O) groups is 1. The van der Waals surface area contributed by atoms with Crippen LogP contribution in [0, 0.1) is 0 Å². The highest BCUT2D eigenvalue weighted by atomic mass is 16.2. The van der Waals surface area contributed by atoms with E-state index >= 15 is 0 Å². The van der Waals surface area contributed by atoms with E-state index in [9.17, 15) is 4.79 Å². The van der Waals surface area contributed by atoms with Crippen molar-refractivity contribution >= 4 is 11.9 Å². The Morgan fingerprint density at radius 1 is 1.09 bits per heavy atom. The number of nitrogens with one attached hydrogen (secondary N) is 2. The maximum atomic E-state index is 12.2. The topological polar surface area (TPSA) is 74.5 Å². The molecule has 7 heteroatoms. The van der Waals surface area contributed by atoms with Gasteiger partial charge < -0.3 is 15.5 Å². The van der Waals surface area contributed by atoms with Gasteiger partial charge in [-0.1, -0.05) is 48.5 Å². The SMILES string of the molecule is CN(C)C(=O)CNC(=NCc1ccccc1Cn1cccn1)NC1CCc2ccccc2C1. The van der Waals surface area contributed by atoms with Gasteiger partial charge in [-0.25, -0.2) is 4.99 Å². The molecular formula is C26H32N6O. The van der Waals surface area contributed by atoms with Gasteiger partial charge in [0.1, 0.15) is 0 Å². The lowest BCUT2D eigenvalue weighted by atomic mass is 9.88. The van der Waals surface area contributed by atoms with Crippen molar-refractivity contribution in [3.63, 3.8) is 0 Å². The van der Waals surface area contributed by atoms with Crippen molar-refractivity contribution in [1.82, 2.24) is 25.3 Å². The summed E-state index contributed by atoms with van der Waals surface area (Å²) in [5.41, 5.74) is 5.13. The normalized spacial score (nSPS) is 15.6. The molecule has 33 heavy (non-hydrogen) atoms. The highest BCUT2D eigenvalue weighted by Crippen LogP contribution is 2.21. The summed E-state index contributed by atoms with van der Waals surface area (Å²) < 4.78 is 1.91. The highest BCUT2D eigenvalue weighted by molar-refractivity contribution is 5.86. The Hall–Kier alpha value is -3.61. The predicted molar refractivity (Wildman–Crippen MR) is 131 cm³/mol. The van der Waals surface area contributed by atoms with Crippen LogP contribution in [0.1, 0.15) is 28.7 Å². The van der Waals surface area contributed by atoms with Crippen LogP contribution in [0.3, 0.4) is 0 Å². The molecule has 0 bridgehead atoms. The minimum absolute atomic E-state index is 0.0116. The summed E-state index contributed by atoms with van der Waals surface area (Å²) in [6.45, 7) is 1.43. The zero-order valence-corrected chi connectivity index (χ0v) is 19.4. The fourth-order valence-electron chi connectivity index (χ4n) is 4.08. The minimum atomic E-state index is 0.0116. The van der Waals surface area contributed by atoms with Crippen LogP contribution >= 0.6 is 0 Å². The van der Waals surface area contributed by atoms with Crippen LogP contribution < -0.4 is 10.6 Å². The first kappa shape index (κ1) is 22.6. The van der Waals surface area contributed by atoms with Gasteiger partial charge in [-0.3, -0.25) is 9.48 Å². The Balaban J connectivity index is 1.48. The molecule has 1 aromatic heterocycles. The van der Waals surface area contributed by atoms with Crippen LogP contribution in [-0.2, 0) is 30.7 Å². The lowest BCUT2D eigenvalue weighted by Gasteiger charge is -2.27. The van der Waals surface area contributed by atoms with E-state index in [1.807, 2.05) is 29.1 Å². The van der Waals surface area contributed by atoms with Gasteiger partial charge in [-0.2, -0.15) is 5.10 Å². The average molecular weight is 445 g/mol. The van der Waals surface area contributed by atoms with E-state index in [4.69, 9.17) is 4.99 Å². The van der Waals surface area contributed by atoms with E-state index in [0.717, 1.165) is 24.8 Å². The second-order valence-corrected chi connectivity index (χ2v) is 8.63. The molecule has 3 aromatic rings. The van der Waals surface area contributed by atoms with Crippen LogP contribution in [-0.4, -0.2) is 53.2 Å². The number of aliphatic imine (C=N–C) groups is 1. The van der Waals surface area contributed by atoms with Gasteiger partial charge in [0.2, 0.25) is 5.91 Å². The van der Waals surface area contributed by atoms with Crippen molar-refractivity contribution in [2.45, 2.75) is 38.4 Å². The molecule has 0 fully saturated rings. The molecule has 1 amide bonds. The average Bonchev–Trinajstić information content (AvgIpc) is 3.34. The fraction of sp³-hybridized carbons (Fsp3) is 0.346. The second kappa shape index (κ2) is 10.8. The maximum Gasteiger partial charge on any atom is 0.241 e. The Kier molecular flexibility index (Phi) is 7.40. The van der Waals surface area contributed by atoms with Gasteiger partial charge >= 0.3 is 0 Å². The second-order valence-electron chi connectivity index (χ2n) is 8.63. The molecule has 1 heterocycles. The largest absolute Gasteiger partial charge is 0.353 e. The third kappa shape index (κ3) is 6.22. The Bertz CT molecular complexity index is 1090. The third-order valence-electron chi connectivity index (χ3n) is 6.01. The first-order chi connectivity index (χ1) is 16.1. The van der Waals surface area contributed by atoms with Gasteiger partial charge in [0.15, 0.2) is 5.96 Å². The van der Waals surface area contributed by atoms with E-state index in [1.165, 1.54) is 16.7 Å². The number of benzene rings is 2. The molecule has 172 valence electrons. The van der Waals surface area contributed by atoms with Crippen LogP contribution in [0.15, 0.2) is 72.0 Å². The van der Waals surface area contributed by atoms with Gasteiger partial charge in [0.05, 0.1) is 19.6 Å². The Morgan fingerprint density at radius 3 is 2.61 bits per heavy atom. The summed E-state index contributed by atoms with van der Waals surface area (Å²) >= 11 is 0. The van der Waals surface area contributed by atoms with Crippen LogP contribution in [0.5, 0.6) is 0 Å². The minimum Gasteiger partial charge on any atom is -0.353 e. The Labute approximate surface area is 195 Å². The number of likely N-dealkylation sites (N-methyl/N-ethyl adjacent to an activating group) is 1. The van der Waals surface area contributed by atoms with E-state index in [0.29, 0.717) is 19.0 Å². The molecule has 1 atom stereocenters. The molecule has 0 saturated heterocycles. The molecule has 7 nitrogen and oxygen atoms in total. The molecule has 2 aromatic carbocycles. The van der Waals surface area contributed by atoms with Crippen molar-refractivity contribution in [2.75, 3.05) is 20.6 Å². The smallest absolute Gasteiger partial charge is 0.241 e. The van der Waals surface area contributed by atoms with Crippen molar-refractivity contribution in [1.29, 1.82) is 0 Å². The number of fused-ring (bicyclic) bond motifs is 1. The summed E-state index contributed by atoms with van der Waals surface area (Å²) in [5.74, 6) is 0.682. The first-order valence-corrected chi connectivity index (χ1v) is 11.4. The Morgan fingerprint density at radius 2 is 1.85 bits per heavy atom. The lowest BCUT2D eigenvalue weighted by Crippen LogP contribution is -2.48. The molecule has 1 unspecified atom stereocenters. The summed E-state index contributed by atoms with van der Waals surface area (Å²) in [6.07, 6.45) is 6.78. The zero-order chi connectivity index (χ0) is 23.0. The molecule has 1 aliphatic rings. The van der Waals surface area contributed by atoms with E-state index in [-0.39, 0.29) is 18.5 Å². The molecule has 0 saturated carbocycles. The van der Waals surface area contributed by atoms with E-state index in [1.54, 1.807) is 25.2 Å². The number of carbonyl (C=O) groups excluding carboxylic acids is 1. The first-order valence-electron chi connectivity index (χ1n) is 11.4. The predicted octanol–water partition coefficient (Wildman–Crippen LogP) is 2.61. The van der Waals surface area contributed by atoms with E-state index in [2.05, 4.69) is 52.1 Å². The number of nitrogens with zero attached hydrogens (tertiary/aromatic N) is 4. The number of hydrogen-bond acceptors (Lipinski definition) is 3.